The Labute approximate surface area is 91.6 Å². The molecule has 0 aliphatic heterocycles. The van der Waals surface area contributed by atoms with Gasteiger partial charge in [-0.3, -0.25) is 0 Å². The van der Waals surface area contributed by atoms with Crippen LogP contribution in [0, 0.1) is 11.8 Å². The molecule has 5 heteroatoms. The van der Waals surface area contributed by atoms with Crippen LogP contribution in [0.1, 0.15) is 11.1 Å². The van der Waals surface area contributed by atoms with Gasteiger partial charge in [0.25, 0.3) is 0 Å². The maximum Gasteiger partial charge on any atom is 0.417 e. The molecule has 0 aliphatic carbocycles. The van der Waals surface area contributed by atoms with E-state index in [1.807, 2.05) is 0 Å². The van der Waals surface area contributed by atoms with E-state index in [-0.39, 0.29) is 11.3 Å². The van der Waals surface area contributed by atoms with Crippen LogP contribution in [0.5, 0.6) is 0 Å². The Bertz CT molecular complexity index is 427. The molecule has 0 bridgehead atoms. The van der Waals surface area contributed by atoms with Crippen molar-refractivity contribution < 1.29 is 13.2 Å². The van der Waals surface area contributed by atoms with E-state index in [1.165, 1.54) is 12.1 Å². The molecule has 3 N–H and O–H groups in total. The van der Waals surface area contributed by atoms with E-state index in [0.717, 1.165) is 6.07 Å². The molecule has 0 unspecified atom stereocenters. The number of hydrogen-bond acceptors (Lipinski definition) is 2. The summed E-state index contributed by atoms with van der Waals surface area (Å²) >= 11 is 0. The van der Waals surface area contributed by atoms with E-state index in [4.69, 9.17) is 5.73 Å². The number of hydrogen-bond donors (Lipinski definition) is 2. The molecule has 0 saturated heterocycles. The molecule has 2 nitrogen and oxygen atoms in total. The Morgan fingerprint density at radius 1 is 1.38 bits per heavy atom. The van der Waals surface area contributed by atoms with Crippen molar-refractivity contribution in [2.45, 2.75) is 6.18 Å². The van der Waals surface area contributed by atoms with Gasteiger partial charge in [-0.15, -0.1) is 0 Å². The summed E-state index contributed by atoms with van der Waals surface area (Å²) in [6, 6.07) is 3.39. The Morgan fingerprint density at radius 3 is 2.62 bits per heavy atom. The summed E-state index contributed by atoms with van der Waals surface area (Å²) in [7, 11) is 1.67. The van der Waals surface area contributed by atoms with Gasteiger partial charge in [0.2, 0.25) is 0 Å². The van der Waals surface area contributed by atoms with E-state index in [0.29, 0.717) is 6.54 Å². The van der Waals surface area contributed by atoms with E-state index >= 15 is 0 Å². The number of halogens is 3. The molecule has 0 spiro atoms. The first kappa shape index (κ1) is 12.4. The van der Waals surface area contributed by atoms with Gasteiger partial charge in [-0.05, 0) is 25.2 Å². The number of anilines is 1. The number of rotatable bonds is 1. The predicted octanol–water partition coefficient (Wildman–Crippen LogP) is 1.86. The van der Waals surface area contributed by atoms with Crippen LogP contribution in [0.2, 0.25) is 0 Å². The minimum Gasteiger partial charge on any atom is -0.399 e. The lowest BCUT2D eigenvalue weighted by Gasteiger charge is -2.09. The molecule has 16 heavy (non-hydrogen) atoms. The van der Waals surface area contributed by atoms with Crippen molar-refractivity contribution in [3.8, 4) is 11.8 Å². The monoisotopic (exact) mass is 228 g/mol. The van der Waals surface area contributed by atoms with Gasteiger partial charge in [-0.1, -0.05) is 11.8 Å². The highest BCUT2D eigenvalue weighted by molar-refractivity contribution is 5.52. The lowest BCUT2D eigenvalue weighted by molar-refractivity contribution is -0.137. The van der Waals surface area contributed by atoms with Crippen LogP contribution in [-0.2, 0) is 6.18 Å². The van der Waals surface area contributed by atoms with Gasteiger partial charge < -0.3 is 11.1 Å². The minimum absolute atomic E-state index is 0.0947. The smallest absolute Gasteiger partial charge is 0.399 e. The van der Waals surface area contributed by atoms with Crippen LogP contribution >= 0.6 is 0 Å². The van der Waals surface area contributed by atoms with Gasteiger partial charge in [0.05, 0.1) is 12.1 Å². The highest BCUT2D eigenvalue weighted by Crippen LogP contribution is 2.32. The molecule has 86 valence electrons. The number of nitrogen functional groups attached to an aromatic ring is 1. The van der Waals surface area contributed by atoms with E-state index in [2.05, 4.69) is 17.2 Å². The third-order valence-corrected chi connectivity index (χ3v) is 1.84. The maximum atomic E-state index is 12.6. The third-order valence-electron chi connectivity index (χ3n) is 1.84. The second kappa shape index (κ2) is 4.90. The standard InChI is InChI=1S/C11H11F3N2/c1-16-6-2-3-8-7-9(15)4-5-10(8)11(12,13)14/h4-5,7,16H,6,15H2,1H3. The van der Waals surface area contributed by atoms with Gasteiger partial charge in [0.1, 0.15) is 0 Å². The first-order valence-electron chi connectivity index (χ1n) is 4.55. The molecule has 1 aromatic rings. The summed E-state index contributed by atoms with van der Waals surface area (Å²) in [6.45, 7) is 0.325. The molecule has 0 heterocycles. The molecule has 1 rings (SSSR count). The average Bonchev–Trinajstić information content (AvgIpc) is 2.16. The lowest BCUT2D eigenvalue weighted by atomic mass is 10.1. The van der Waals surface area contributed by atoms with Crippen LogP contribution in [0.4, 0.5) is 18.9 Å². The van der Waals surface area contributed by atoms with Gasteiger partial charge >= 0.3 is 6.18 Å². The molecular formula is C11H11F3N2. The summed E-state index contributed by atoms with van der Waals surface area (Å²) in [5.74, 6) is 5.02. The highest BCUT2D eigenvalue weighted by Gasteiger charge is 2.32. The highest BCUT2D eigenvalue weighted by atomic mass is 19.4. The third kappa shape index (κ3) is 3.17. The van der Waals surface area contributed by atoms with Gasteiger partial charge in [0, 0.05) is 11.3 Å². The fourth-order valence-corrected chi connectivity index (χ4v) is 1.14. The van der Waals surface area contributed by atoms with E-state index in [9.17, 15) is 13.2 Å². The zero-order chi connectivity index (χ0) is 12.2. The topological polar surface area (TPSA) is 38.0 Å². The van der Waals surface area contributed by atoms with Gasteiger partial charge in [-0.25, -0.2) is 0 Å². The lowest BCUT2D eigenvalue weighted by Crippen LogP contribution is -2.09. The number of nitrogens with one attached hydrogen (secondary N) is 1. The van der Waals surface area contributed by atoms with Crippen LogP contribution in [0.25, 0.3) is 0 Å². The first-order valence-corrected chi connectivity index (χ1v) is 4.55. The minimum atomic E-state index is -4.41. The van der Waals surface area contributed by atoms with Crippen LogP contribution in [0.3, 0.4) is 0 Å². The summed E-state index contributed by atoms with van der Waals surface area (Å²) in [6.07, 6.45) is -4.41. The molecular weight excluding hydrogens is 217 g/mol. The Hall–Kier alpha value is -1.67. The maximum absolute atomic E-state index is 12.6. The van der Waals surface area contributed by atoms with Crippen molar-refractivity contribution in [3.05, 3.63) is 29.3 Å². The summed E-state index contributed by atoms with van der Waals surface area (Å²) in [5, 5.41) is 2.72. The summed E-state index contributed by atoms with van der Waals surface area (Å²) < 4.78 is 37.7. The van der Waals surface area contributed by atoms with Gasteiger partial charge in [-0.2, -0.15) is 13.2 Å². The normalized spacial score (nSPS) is 10.8. The molecule has 0 fully saturated rings. The van der Waals surface area contributed by atoms with Crippen molar-refractivity contribution in [3.63, 3.8) is 0 Å². The molecule has 0 atom stereocenters. The molecule has 0 radical (unpaired) electrons. The van der Waals surface area contributed by atoms with E-state index in [1.54, 1.807) is 7.05 Å². The van der Waals surface area contributed by atoms with Crippen molar-refractivity contribution >= 4 is 5.69 Å². The number of alkyl halides is 3. The van der Waals surface area contributed by atoms with Crippen molar-refractivity contribution in [1.29, 1.82) is 0 Å². The molecule has 0 saturated carbocycles. The van der Waals surface area contributed by atoms with Crippen molar-refractivity contribution in [2.24, 2.45) is 0 Å². The fraction of sp³-hybridized carbons (Fsp3) is 0.273. The molecule has 0 amide bonds. The fourth-order valence-electron chi connectivity index (χ4n) is 1.14. The van der Waals surface area contributed by atoms with Gasteiger partial charge in [0.15, 0.2) is 0 Å². The largest absolute Gasteiger partial charge is 0.417 e. The Kier molecular flexibility index (Phi) is 3.80. The van der Waals surface area contributed by atoms with E-state index < -0.39 is 11.7 Å². The predicted molar refractivity (Wildman–Crippen MR) is 56.7 cm³/mol. The number of nitrogens with two attached hydrogens (primary N) is 1. The quantitative estimate of drug-likeness (QED) is 0.568. The summed E-state index contributed by atoms with van der Waals surface area (Å²) in [5.41, 5.74) is 4.84. The second-order valence-corrected chi connectivity index (χ2v) is 3.13. The summed E-state index contributed by atoms with van der Waals surface area (Å²) in [4.78, 5) is 0. The van der Waals surface area contributed by atoms with Crippen molar-refractivity contribution in [1.82, 2.24) is 5.32 Å². The zero-order valence-corrected chi connectivity index (χ0v) is 8.65. The van der Waals surface area contributed by atoms with Crippen LogP contribution in [0.15, 0.2) is 18.2 Å². The molecule has 1 aromatic carbocycles. The molecule has 0 aliphatic rings. The zero-order valence-electron chi connectivity index (χ0n) is 8.65. The number of benzene rings is 1. The molecule has 0 aromatic heterocycles. The van der Waals surface area contributed by atoms with Crippen LogP contribution < -0.4 is 11.1 Å². The Morgan fingerprint density at radius 2 is 2.06 bits per heavy atom. The first-order chi connectivity index (χ1) is 7.45. The Balaban J connectivity index is 3.15. The average molecular weight is 228 g/mol. The van der Waals surface area contributed by atoms with Crippen LogP contribution in [-0.4, -0.2) is 13.6 Å². The van der Waals surface area contributed by atoms with Crippen molar-refractivity contribution in [2.75, 3.05) is 19.3 Å². The SMILES string of the molecule is CNCC#Cc1cc(N)ccc1C(F)(F)F. The second-order valence-electron chi connectivity index (χ2n) is 3.13.